The number of aliphatic hydroxyl groups is 2. The van der Waals surface area contributed by atoms with Crippen molar-refractivity contribution in [3.63, 3.8) is 0 Å². The lowest BCUT2D eigenvalue weighted by Gasteiger charge is -2.17. The maximum absolute atomic E-state index is 11.5. The summed E-state index contributed by atoms with van der Waals surface area (Å²) in [6, 6.07) is 6.39. The van der Waals surface area contributed by atoms with Crippen LogP contribution in [-0.4, -0.2) is 27.2 Å². The van der Waals surface area contributed by atoms with Crippen molar-refractivity contribution in [1.29, 1.82) is 0 Å². The Morgan fingerprint density at radius 3 is 2.78 bits per heavy atom. The molecular weight excluding hydrogens is 254 g/mol. The van der Waals surface area contributed by atoms with Gasteiger partial charge < -0.3 is 15.2 Å². The topological polar surface area (TPSA) is 73.3 Å². The Hall–Kier alpha value is -1.36. The molecule has 3 N–H and O–H groups in total. The number of benzene rings is 1. The fourth-order valence-electron chi connectivity index (χ4n) is 1.87. The molecular formula is C13H14ClNO3. The van der Waals surface area contributed by atoms with Gasteiger partial charge in [0.25, 0.3) is 0 Å². The van der Waals surface area contributed by atoms with E-state index in [9.17, 15) is 15.0 Å². The lowest BCUT2D eigenvalue weighted by Crippen LogP contribution is -2.18. The molecule has 0 fully saturated rings. The van der Waals surface area contributed by atoms with E-state index in [1.165, 1.54) is 6.07 Å². The SMILES string of the molecule is O=c1cc[nH]c2cc(C(O)C(O)CCCl)ccc12. The van der Waals surface area contributed by atoms with Gasteiger partial charge in [0.05, 0.1) is 6.10 Å². The summed E-state index contributed by atoms with van der Waals surface area (Å²) >= 11 is 5.53. The van der Waals surface area contributed by atoms with Crippen LogP contribution in [0, 0.1) is 0 Å². The molecule has 4 nitrogen and oxygen atoms in total. The van der Waals surface area contributed by atoms with Crippen molar-refractivity contribution in [2.75, 3.05) is 5.88 Å². The number of hydrogen-bond acceptors (Lipinski definition) is 3. The minimum atomic E-state index is -1.00. The maximum Gasteiger partial charge on any atom is 0.189 e. The molecule has 18 heavy (non-hydrogen) atoms. The van der Waals surface area contributed by atoms with Crippen LogP contribution in [0.2, 0.25) is 0 Å². The van der Waals surface area contributed by atoms with Gasteiger partial charge in [-0.3, -0.25) is 4.79 Å². The highest BCUT2D eigenvalue weighted by atomic mass is 35.5. The summed E-state index contributed by atoms with van der Waals surface area (Å²) in [5.74, 6) is 0.280. The Balaban J connectivity index is 2.38. The molecule has 2 rings (SSSR count). The van der Waals surface area contributed by atoms with Gasteiger partial charge >= 0.3 is 0 Å². The van der Waals surface area contributed by atoms with E-state index >= 15 is 0 Å². The zero-order chi connectivity index (χ0) is 13.1. The number of aliphatic hydroxyl groups excluding tert-OH is 2. The zero-order valence-electron chi connectivity index (χ0n) is 9.64. The molecule has 1 heterocycles. The monoisotopic (exact) mass is 267 g/mol. The highest BCUT2D eigenvalue weighted by Gasteiger charge is 2.18. The Bertz CT molecular complexity index is 596. The minimum absolute atomic E-state index is 0.0777. The first-order valence-corrected chi connectivity index (χ1v) is 6.20. The van der Waals surface area contributed by atoms with E-state index in [0.29, 0.717) is 22.9 Å². The maximum atomic E-state index is 11.5. The van der Waals surface area contributed by atoms with Gasteiger partial charge in [0.15, 0.2) is 5.43 Å². The first-order chi connectivity index (χ1) is 8.63. The quantitative estimate of drug-likeness (QED) is 0.736. The molecule has 0 aliphatic carbocycles. The second kappa shape index (κ2) is 5.52. The van der Waals surface area contributed by atoms with Crippen LogP contribution in [0.4, 0.5) is 0 Å². The number of pyridine rings is 1. The van der Waals surface area contributed by atoms with Gasteiger partial charge in [0.2, 0.25) is 0 Å². The molecule has 0 bridgehead atoms. The van der Waals surface area contributed by atoms with Crippen LogP contribution in [-0.2, 0) is 0 Å². The predicted octanol–water partition coefficient (Wildman–Crippen LogP) is 1.55. The number of aromatic nitrogens is 1. The van der Waals surface area contributed by atoms with E-state index < -0.39 is 12.2 Å². The van der Waals surface area contributed by atoms with Crippen LogP contribution in [0.25, 0.3) is 10.9 Å². The summed E-state index contributed by atoms with van der Waals surface area (Å²) in [6.07, 6.45) is -0.0468. The van der Waals surface area contributed by atoms with Gasteiger partial charge in [-0.25, -0.2) is 0 Å². The van der Waals surface area contributed by atoms with Gasteiger partial charge in [-0.05, 0) is 24.1 Å². The lowest BCUT2D eigenvalue weighted by atomic mass is 10.0. The molecule has 0 radical (unpaired) electrons. The van der Waals surface area contributed by atoms with Crippen LogP contribution < -0.4 is 5.43 Å². The normalized spacial score (nSPS) is 14.6. The van der Waals surface area contributed by atoms with Gasteiger partial charge in [0.1, 0.15) is 6.10 Å². The number of fused-ring (bicyclic) bond motifs is 1. The number of rotatable bonds is 4. The summed E-state index contributed by atoms with van der Waals surface area (Å²) in [5, 5.41) is 20.2. The van der Waals surface area contributed by atoms with Crippen molar-refractivity contribution >= 4 is 22.5 Å². The largest absolute Gasteiger partial charge is 0.390 e. The van der Waals surface area contributed by atoms with Crippen LogP contribution in [0.15, 0.2) is 35.3 Å². The Morgan fingerprint density at radius 1 is 1.28 bits per heavy atom. The van der Waals surface area contributed by atoms with Crippen molar-refractivity contribution in [2.45, 2.75) is 18.6 Å². The molecule has 2 aromatic rings. The fourth-order valence-corrected chi connectivity index (χ4v) is 2.09. The van der Waals surface area contributed by atoms with Gasteiger partial charge in [-0.15, -0.1) is 11.6 Å². The van der Waals surface area contributed by atoms with E-state index in [-0.39, 0.29) is 11.3 Å². The average Bonchev–Trinajstić information content (AvgIpc) is 2.38. The summed E-state index contributed by atoms with van der Waals surface area (Å²) in [7, 11) is 0. The standard InChI is InChI=1S/C13H14ClNO3/c14-5-3-12(17)13(18)8-1-2-9-10(7-8)15-6-4-11(9)16/h1-2,4,6-7,12-13,17-18H,3,5H2,(H,15,16). The molecule has 0 saturated carbocycles. The van der Waals surface area contributed by atoms with Gasteiger partial charge in [0, 0.05) is 29.0 Å². The molecule has 2 unspecified atom stereocenters. The molecule has 5 heteroatoms. The van der Waals surface area contributed by atoms with Crippen LogP contribution in [0.1, 0.15) is 18.1 Å². The van der Waals surface area contributed by atoms with Crippen LogP contribution in [0.5, 0.6) is 0 Å². The van der Waals surface area contributed by atoms with E-state index in [2.05, 4.69) is 4.98 Å². The van der Waals surface area contributed by atoms with Crippen molar-refractivity contribution in [2.24, 2.45) is 0 Å². The molecule has 0 spiro atoms. The van der Waals surface area contributed by atoms with Gasteiger partial charge in [-0.1, -0.05) is 6.07 Å². The summed E-state index contributed by atoms with van der Waals surface area (Å²) in [6.45, 7) is 0. The van der Waals surface area contributed by atoms with E-state index in [4.69, 9.17) is 11.6 Å². The molecule has 0 aliphatic rings. The molecule has 1 aromatic carbocycles. The van der Waals surface area contributed by atoms with Crippen LogP contribution >= 0.6 is 11.6 Å². The third kappa shape index (κ3) is 2.56. The highest BCUT2D eigenvalue weighted by Crippen LogP contribution is 2.21. The first-order valence-electron chi connectivity index (χ1n) is 5.67. The smallest absolute Gasteiger partial charge is 0.189 e. The summed E-state index contributed by atoms with van der Waals surface area (Å²) in [4.78, 5) is 14.5. The molecule has 1 aromatic heterocycles. The average molecular weight is 268 g/mol. The highest BCUT2D eigenvalue weighted by molar-refractivity contribution is 6.17. The summed E-state index contributed by atoms with van der Waals surface area (Å²) < 4.78 is 0. The molecule has 2 atom stereocenters. The molecule has 96 valence electrons. The van der Waals surface area contributed by atoms with Crippen molar-refractivity contribution in [3.8, 4) is 0 Å². The third-order valence-electron chi connectivity index (χ3n) is 2.89. The fraction of sp³-hybridized carbons (Fsp3) is 0.308. The lowest BCUT2D eigenvalue weighted by molar-refractivity contribution is 0.0171. The Kier molecular flexibility index (Phi) is 4.01. The first kappa shape index (κ1) is 13.1. The van der Waals surface area contributed by atoms with Crippen molar-refractivity contribution in [3.05, 3.63) is 46.2 Å². The Morgan fingerprint density at radius 2 is 2.06 bits per heavy atom. The second-order valence-corrected chi connectivity index (χ2v) is 4.51. The number of H-pyrrole nitrogens is 1. The number of nitrogens with one attached hydrogen (secondary N) is 1. The Labute approximate surface area is 109 Å². The van der Waals surface area contributed by atoms with Crippen molar-refractivity contribution in [1.82, 2.24) is 4.98 Å². The van der Waals surface area contributed by atoms with E-state index in [1.54, 1.807) is 24.4 Å². The van der Waals surface area contributed by atoms with Gasteiger partial charge in [-0.2, -0.15) is 0 Å². The second-order valence-electron chi connectivity index (χ2n) is 4.14. The van der Waals surface area contributed by atoms with Crippen LogP contribution in [0.3, 0.4) is 0 Å². The number of aromatic amines is 1. The number of halogens is 1. The minimum Gasteiger partial charge on any atom is -0.390 e. The van der Waals surface area contributed by atoms with E-state index in [1.807, 2.05) is 0 Å². The molecule has 0 aliphatic heterocycles. The summed E-state index contributed by atoms with van der Waals surface area (Å²) in [5.41, 5.74) is 1.12. The van der Waals surface area contributed by atoms with Crippen molar-refractivity contribution < 1.29 is 10.2 Å². The zero-order valence-corrected chi connectivity index (χ0v) is 10.4. The number of hydrogen-bond donors (Lipinski definition) is 3. The van der Waals surface area contributed by atoms with E-state index in [0.717, 1.165) is 0 Å². The molecule has 0 amide bonds. The third-order valence-corrected chi connectivity index (χ3v) is 3.11. The molecule has 0 saturated heterocycles. The number of alkyl halides is 1. The predicted molar refractivity (Wildman–Crippen MR) is 70.9 cm³/mol.